The number of aromatic nitrogens is 1. The van der Waals surface area contributed by atoms with Crippen LogP contribution in [0.2, 0.25) is 0 Å². The highest BCUT2D eigenvalue weighted by Gasteiger charge is 2.04. The Kier molecular flexibility index (Phi) is 5.14. The van der Waals surface area contributed by atoms with Gasteiger partial charge in [0.15, 0.2) is 0 Å². The van der Waals surface area contributed by atoms with Gasteiger partial charge in [0.2, 0.25) is 0 Å². The van der Waals surface area contributed by atoms with E-state index in [0.29, 0.717) is 0 Å². The summed E-state index contributed by atoms with van der Waals surface area (Å²) >= 11 is 0. The lowest BCUT2D eigenvalue weighted by Gasteiger charge is -2.19. The number of hydrogen-bond acceptors (Lipinski definition) is 3. The lowest BCUT2D eigenvalue weighted by atomic mass is 10.2. The molecule has 0 aliphatic heterocycles. The van der Waals surface area contributed by atoms with Gasteiger partial charge >= 0.3 is 0 Å². The summed E-state index contributed by atoms with van der Waals surface area (Å²) in [5.74, 6) is 0. The molecule has 23 heavy (non-hydrogen) atoms. The Bertz CT molecular complexity index is 683. The van der Waals surface area contributed by atoms with E-state index in [9.17, 15) is 0 Å². The fourth-order valence-corrected chi connectivity index (χ4v) is 2.32. The van der Waals surface area contributed by atoms with E-state index in [4.69, 9.17) is 0 Å². The van der Waals surface area contributed by atoms with Gasteiger partial charge in [0.1, 0.15) is 0 Å². The summed E-state index contributed by atoms with van der Waals surface area (Å²) in [6.07, 6.45) is 3.59. The summed E-state index contributed by atoms with van der Waals surface area (Å²) in [4.78, 5) is 4.29. The van der Waals surface area contributed by atoms with Gasteiger partial charge in [-0.15, -0.1) is 0 Å². The van der Waals surface area contributed by atoms with Gasteiger partial charge in [0.05, 0.1) is 25.0 Å². The van der Waals surface area contributed by atoms with E-state index in [2.05, 4.69) is 63.6 Å². The minimum absolute atomic E-state index is 0.763. The van der Waals surface area contributed by atoms with Crippen LogP contribution in [0.4, 0.5) is 0 Å². The third-order valence-electron chi connectivity index (χ3n) is 3.46. The van der Waals surface area contributed by atoms with Crippen LogP contribution in [0.5, 0.6) is 0 Å². The number of nitrogens with zero attached hydrogens (tertiary/aromatic N) is 3. The predicted octanol–water partition coefficient (Wildman–Crippen LogP) is 4.12. The summed E-state index contributed by atoms with van der Waals surface area (Å²) in [6.45, 7) is 1.53. The first-order valence-corrected chi connectivity index (χ1v) is 7.68. The molecule has 3 rings (SSSR count). The summed E-state index contributed by atoms with van der Waals surface area (Å²) in [5, 5.41) is 6.69. The molecule has 3 aromatic rings. The van der Waals surface area contributed by atoms with Crippen LogP contribution in [-0.2, 0) is 13.1 Å². The molecule has 0 bridgehead atoms. The fourth-order valence-electron chi connectivity index (χ4n) is 2.32. The van der Waals surface area contributed by atoms with Gasteiger partial charge in [0, 0.05) is 6.20 Å². The van der Waals surface area contributed by atoms with Crippen LogP contribution in [0.25, 0.3) is 0 Å². The topological polar surface area (TPSA) is 28.5 Å². The van der Waals surface area contributed by atoms with Crippen molar-refractivity contribution in [1.82, 2.24) is 9.99 Å². The van der Waals surface area contributed by atoms with Crippen LogP contribution in [0.3, 0.4) is 0 Å². The van der Waals surface area contributed by atoms with Gasteiger partial charge in [0.25, 0.3) is 0 Å². The molecule has 1 aromatic heterocycles. The van der Waals surface area contributed by atoms with Crippen molar-refractivity contribution in [3.05, 3.63) is 102 Å². The molecular weight excluding hydrogens is 282 g/mol. The lowest BCUT2D eigenvalue weighted by Crippen LogP contribution is -2.17. The Labute approximate surface area is 136 Å². The molecule has 0 saturated heterocycles. The van der Waals surface area contributed by atoms with Gasteiger partial charge in [-0.1, -0.05) is 66.7 Å². The minimum Gasteiger partial charge on any atom is -0.288 e. The summed E-state index contributed by atoms with van der Waals surface area (Å²) in [6, 6.07) is 26.6. The molecule has 0 N–H and O–H groups in total. The van der Waals surface area contributed by atoms with Crippen molar-refractivity contribution in [2.24, 2.45) is 5.10 Å². The molecule has 0 aliphatic rings. The SMILES string of the molecule is C(=N/N(Cc1ccccc1)Cc1ccccc1)/c1ccccn1. The first-order valence-electron chi connectivity index (χ1n) is 7.68. The Balaban J connectivity index is 1.76. The molecular formula is C20H19N3. The number of hydrogen-bond donors (Lipinski definition) is 0. The fraction of sp³-hybridized carbons (Fsp3) is 0.100. The second-order valence-electron chi connectivity index (χ2n) is 5.29. The minimum atomic E-state index is 0.763. The maximum atomic E-state index is 4.63. The van der Waals surface area contributed by atoms with E-state index in [1.165, 1.54) is 11.1 Å². The molecule has 1 heterocycles. The van der Waals surface area contributed by atoms with Gasteiger partial charge in [-0.3, -0.25) is 9.99 Å². The van der Waals surface area contributed by atoms with E-state index >= 15 is 0 Å². The molecule has 0 spiro atoms. The molecule has 0 radical (unpaired) electrons. The third-order valence-corrected chi connectivity index (χ3v) is 3.46. The first-order chi connectivity index (χ1) is 11.4. The van der Waals surface area contributed by atoms with Crippen LogP contribution in [0.15, 0.2) is 90.2 Å². The number of hydrazone groups is 1. The maximum absolute atomic E-state index is 4.63. The Hall–Kier alpha value is -2.94. The molecule has 0 amide bonds. The van der Waals surface area contributed by atoms with Crippen molar-refractivity contribution in [1.29, 1.82) is 0 Å². The average Bonchev–Trinajstić information content (AvgIpc) is 2.62. The molecule has 0 unspecified atom stereocenters. The van der Waals surface area contributed by atoms with Crippen molar-refractivity contribution in [3.8, 4) is 0 Å². The highest BCUT2D eigenvalue weighted by atomic mass is 15.4. The van der Waals surface area contributed by atoms with Crippen molar-refractivity contribution in [3.63, 3.8) is 0 Å². The smallest absolute Gasteiger partial charge is 0.0830 e. The second kappa shape index (κ2) is 7.90. The van der Waals surface area contributed by atoms with Crippen LogP contribution < -0.4 is 0 Å². The van der Waals surface area contributed by atoms with Crippen LogP contribution in [0.1, 0.15) is 16.8 Å². The second-order valence-corrected chi connectivity index (χ2v) is 5.29. The number of benzene rings is 2. The molecule has 114 valence electrons. The van der Waals surface area contributed by atoms with Crippen molar-refractivity contribution in [2.45, 2.75) is 13.1 Å². The molecule has 2 aromatic carbocycles. The van der Waals surface area contributed by atoms with Crippen molar-refractivity contribution in [2.75, 3.05) is 0 Å². The highest BCUT2D eigenvalue weighted by Crippen LogP contribution is 2.10. The van der Waals surface area contributed by atoms with Gasteiger partial charge in [-0.2, -0.15) is 5.10 Å². The normalized spacial score (nSPS) is 10.8. The van der Waals surface area contributed by atoms with Gasteiger partial charge in [-0.25, -0.2) is 0 Å². The predicted molar refractivity (Wildman–Crippen MR) is 94.0 cm³/mol. The average molecular weight is 301 g/mol. The zero-order chi connectivity index (χ0) is 15.7. The largest absolute Gasteiger partial charge is 0.288 e. The third kappa shape index (κ3) is 4.78. The molecule has 0 saturated carbocycles. The van der Waals surface area contributed by atoms with Crippen molar-refractivity contribution < 1.29 is 0 Å². The monoisotopic (exact) mass is 301 g/mol. The molecule has 0 fully saturated rings. The van der Waals surface area contributed by atoms with E-state index in [0.717, 1.165) is 18.8 Å². The molecule has 3 nitrogen and oxygen atoms in total. The maximum Gasteiger partial charge on any atom is 0.0830 e. The summed E-state index contributed by atoms with van der Waals surface area (Å²) < 4.78 is 0. The van der Waals surface area contributed by atoms with E-state index in [1.807, 2.05) is 36.5 Å². The van der Waals surface area contributed by atoms with E-state index < -0.39 is 0 Å². The zero-order valence-corrected chi connectivity index (χ0v) is 12.9. The summed E-state index contributed by atoms with van der Waals surface area (Å²) in [7, 11) is 0. The molecule has 3 heteroatoms. The van der Waals surface area contributed by atoms with E-state index in [1.54, 1.807) is 6.20 Å². The Morgan fingerprint density at radius 2 is 1.30 bits per heavy atom. The van der Waals surface area contributed by atoms with E-state index in [-0.39, 0.29) is 0 Å². The first kappa shape index (κ1) is 15.0. The van der Waals surface area contributed by atoms with Gasteiger partial charge in [-0.05, 0) is 23.3 Å². The van der Waals surface area contributed by atoms with Crippen LogP contribution in [-0.4, -0.2) is 16.2 Å². The van der Waals surface area contributed by atoms with Crippen LogP contribution in [0, 0.1) is 0 Å². The number of pyridine rings is 1. The lowest BCUT2D eigenvalue weighted by molar-refractivity contribution is 0.272. The Morgan fingerprint density at radius 3 is 1.83 bits per heavy atom. The standard InChI is InChI=1S/C20H19N3/c1-3-9-18(10-4-1)16-23(17-19-11-5-2-6-12-19)22-15-20-13-7-8-14-21-20/h1-15H,16-17H2/b22-15-. The van der Waals surface area contributed by atoms with Crippen LogP contribution >= 0.6 is 0 Å². The Morgan fingerprint density at radius 1 is 0.739 bits per heavy atom. The zero-order valence-electron chi connectivity index (χ0n) is 12.9. The molecule has 0 atom stereocenters. The quantitative estimate of drug-likeness (QED) is 0.506. The molecule has 0 aliphatic carbocycles. The number of rotatable bonds is 6. The van der Waals surface area contributed by atoms with Gasteiger partial charge < -0.3 is 0 Å². The summed E-state index contributed by atoms with van der Waals surface area (Å²) in [5.41, 5.74) is 3.34. The van der Waals surface area contributed by atoms with Crippen molar-refractivity contribution >= 4 is 6.21 Å². The highest BCUT2D eigenvalue weighted by molar-refractivity contribution is 5.76.